The van der Waals surface area contributed by atoms with Crippen molar-refractivity contribution in [3.63, 3.8) is 0 Å². The van der Waals surface area contributed by atoms with Crippen molar-refractivity contribution in [2.75, 3.05) is 12.4 Å². The minimum absolute atomic E-state index is 0.359. The van der Waals surface area contributed by atoms with E-state index in [1.807, 2.05) is 12.1 Å². The number of carbonyl (C=O) groups excluding carboxylic acids is 2. The van der Waals surface area contributed by atoms with Gasteiger partial charge in [0.25, 0.3) is 0 Å². The monoisotopic (exact) mass is 297 g/mol. The average molecular weight is 297 g/mol. The maximum Gasteiger partial charge on any atom is 0.321 e. The number of rotatable bonds is 3. The Labute approximate surface area is 129 Å². The highest BCUT2D eigenvalue weighted by molar-refractivity contribution is 6.02. The second kappa shape index (κ2) is 5.67. The van der Waals surface area contributed by atoms with Crippen molar-refractivity contribution in [3.8, 4) is 0 Å². The van der Waals surface area contributed by atoms with Crippen molar-refractivity contribution >= 4 is 28.4 Å². The van der Waals surface area contributed by atoms with Crippen molar-refractivity contribution in [1.29, 1.82) is 0 Å². The number of nitrogens with one attached hydrogen (secondary N) is 3. The van der Waals surface area contributed by atoms with E-state index < -0.39 is 12.1 Å². The molecular formula is C17H19N3O2. The van der Waals surface area contributed by atoms with Gasteiger partial charge in [-0.25, -0.2) is 4.79 Å². The molecule has 114 valence electrons. The molecule has 1 aliphatic carbocycles. The van der Waals surface area contributed by atoms with Crippen LogP contribution in [0.15, 0.2) is 30.3 Å². The predicted octanol–water partition coefficient (Wildman–Crippen LogP) is 2.19. The maximum absolute atomic E-state index is 12.0. The Hall–Kier alpha value is -2.56. The smallest absolute Gasteiger partial charge is 0.321 e. The molecule has 0 saturated heterocycles. The summed E-state index contributed by atoms with van der Waals surface area (Å²) < 4.78 is 0. The molecule has 2 aromatic carbocycles. The number of imide groups is 1. The summed E-state index contributed by atoms with van der Waals surface area (Å²) in [5, 5.41) is 10.3. The van der Waals surface area contributed by atoms with E-state index in [4.69, 9.17) is 0 Å². The molecule has 5 nitrogen and oxygen atoms in total. The number of aryl methyl sites for hydroxylation is 2. The molecular weight excluding hydrogens is 278 g/mol. The Morgan fingerprint density at radius 3 is 2.55 bits per heavy atom. The average Bonchev–Trinajstić information content (AvgIpc) is 2.94. The van der Waals surface area contributed by atoms with Crippen LogP contribution in [0.5, 0.6) is 0 Å². The highest BCUT2D eigenvalue weighted by Gasteiger charge is 2.19. The zero-order chi connectivity index (χ0) is 15.7. The molecule has 0 heterocycles. The number of carbonyl (C=O) groups is 2. The van der Waals surface area contributed by atoms with E-state index in [1.54, 1.807) is 6.92 Å². The molecule has 0 unspecified atom stereocenters. The SMILES string of the molecule is CNC(=O)NC(=O)[C@H](C)Nc1ccc2c3c(cccc13)CC2. The van der Waals surface area contributed by atoms with E-state index in [0.29, 0.717) is 0 Å². The third kappa shape index (κ3) is 2.50. The van der Waals surface area contributed by atoms with Gasteiger partial charge in [0.2, 0.25) is 5.91 Å². The Morgan fingerprint density at radius 2 is 1.82 bits per heavy atom. The topological polar surface area (TPSA) is 70.2 Å². The lowest BCUT2D eigenvalue weighted by atomic mass is 10.0. The lowest BCUT2D eigenvalue weighted by molar-refractivity contribution is -0.120. The van der Waals surface area contributed by atoms with Gasteiger partial charge >= 0.3 is 6.03 Å². The van der Waals surface area contributed by atoms with Crippen molar-refractivity contribution in [3.05, 3.63) is 41.5 Å². The number of anilines is 1. The minimum Gasteiger partial charge on any atom is -0.373 e. The summed E-state index contributed by atoms with van der Waals surface area (Å²) in [6, 6.07) is 9.40. The molecule has 0 spiro atoms. The fourth-order valence-electron chi connectivity index (χ4n) is 2.95. The molecule has 3 N–H and O–H groups in total. The minimum atomic E-state index is -0.504. The van der Waals surface area contributed by atoms with Crippen LogP contribution in [0.1, 0.15) is 18.1 Å². The van der Waals surface area contributed by atoms with Gasteiger partial charge in [0.05, 0.1) is 0 Å². The zero-order valence-electron chi connectivity index (χ0n) is 12.7. The quantitative estimate of drug-likeness (QED) is 0.813. The molecule has 1 atom stereocenters. The number of amides is 3. The summed E-state index contributed by atoms with van der Waals surface area (Å²) in [7, 11) is 1.48. The first-order valence-electron chi connectivity index (χ1n) is 7.42. The van der Waals surface area contributed by atoms with E-state index in [0.717, 1.165) is 23.9 Å². The molecule has 5 heteroatoms. The summed E-state index contributed by atoms with van der Waals surface area (Å²) in [4.78, 5) is 23.2. The van der Waals surface area contributed by atoms with Crippen LogP contribution in [0.2, 0.25) is 0 Å². The summed E-state index contributed by atoms with van der Waals surface area (Å²) in [6.45, 7) is 1.74. The summed E-state index contributed by atoms with van der Waals surface area (Å²) in [5.74, 6) is -0.359. The van der Waals surface area contributed by atoms with Crippen molar-refractivity contribution in [1.82, 2.24) is 10.6 Å². The molecule has 0 fully saturated rings. The van der Waals surface area contributed by atoms with E-state index in [1.165, 1.54) is 23.6 Å². The van der Waals surface area contributed by atoms with Crippen LogP contribution in [0.25, 0.3) is 10.8 Å². The molecule has 3 amide bonds. The normalized spacial score (nSPS) is 13.7. The summed E-state index contributed by atoms with van der Waals surface area (Å²) in [5.41, 5.74) is 3.64. The van der Waals surface area contributed by atoms with E-state index in [9.17, 15) is 9.59 Å². The second-order valence-electron chi connectivity index (χ2n) is 5.55. The largest absolute Gasteiger partial charge is 0.373 e. The van der Waals surface area contributed by atoms with Gasteiger partial charge in [-0.2, -0.15) is 0 Å². The molecule has 0 radical (unpaired) electrons. The lowest BCUT2D eigenvalue weighted by Crippen LogP contribution is -2.44. The first kappa shape index (κ1) is 14.4. The number of benzene rings is 2. The van der Waals surface area contributed by atoms with Crippen molar-refractivity contribution in [2.24, 2.45) is 0 Å². The van der Waals surface area contributed by atoms with Crippen LogP contribution in [-0.2, 0) is 17.6 Å². The third-order valence-electron chi connectivity index (χ3n) is 4.11. The molecule has 0 aromatic heterocycles. The molecule has 3 rings (SSSR count). The highest BCUT2D eigenvalue weighted by atomic mass is 16.2. The van der Waals surface area contributed by atoms with Crippen molar-refractivity contribution in [2.45, 2.75) is 25.8 Å². The fourth-order valence-corrected chi connectivity index (χ4v) is 2.95. The van der Waals surface area contributed by atoms with Crippen LogP contribution in [0, 0.1) is 0 Å². The van der Waals surface area contributed by atoms with Gasteiger partial charge in [0.1, 0.15) is 6.04 Å². The standard InChI is InChI=1S/C17H19N3O2/c1-10(16(21)20-17(22)18-2)19-14-9-8-12-7-6-11-4-3-5-13(14)15(11)12/h3-5,8-10,19H,6-7H2,1-2H3,(H2,18,20,21,22)/t10-/m0/s1. The van der Waals surface area contributed by atoms with E-state index >= 15 is 0 Å². The predicted molar refractivity (Wildman–Crippen MR) is 87.0 cm³/mol. The van der Waals surface area contributed by atoms with Gasteiger partial charge in [0.15, 0.2) is 0 Å². The van der Waals surface area contributed by atoms with Gasteiger partial charge in [0, 0.05) is 18.1 Å². The fraction of sp³-hybridized carbons (Fsp3) is 0.294. The van der Waals surface area contributed by atoms with E-state index in [2.05, 4.69) is 34.1 Å². The molecule has 22 heavy (non-hydrogen) atoms. The van der Waals surface area contributed by atoms with E-state index in [-0.39, 0.29) is 5.91 Å². The summed E-state index contributed by atoms with van der Waals surface area (Å²) >= 11 is 0. The molecule has 0 saturated carbocycles. The van der Waals surface area contributed by atoms with Crippen LogP contribution in [0.3, 0.4) is 0 Å². The first-order valence-corrected chi connectivity index (χ1v) is 7.42. The Balaban J connectivity index is 1.86. The maximum atomic E-state index is 12.0. The van der Waals surface area contributed by atoms with Gasteiger partial charge < -0.3 is 10.6 Å². The number of hydrogen-bond donors (Lipinski definition) is 3. The summed E-state index contributed by atoms with van der Waals surface area (Å²) in [6.07, 6.45) is 2.14. The molecule has 0 bridgehead atoms. The number of hydrogen-bond acceptors (Lipinski definition) is 3. The van der Waals surface area contributed by atoms with Gasteiger partial charge in [-0.15, -0.1) is 0 Å². The lowest BCUT2D eigenvalue weighted by Gasteiger charge is -2.17. The Kier molecular flexibility index (Phi) is 3.71. The Bertz CT molecular complexity index is 745. The highest BCUT2D eigenvalue weighted by Crippen LogP contribution is 2.35. The van der Waals surface area contributed by atoms with Gasteiger partial charge in [-0.3, -0.25) is 10.1 Å². The third-order valence-corrected chi connectivity index (χ3v) is 4.11. The van der Waals surface area contributed by atoms with Crippen LogP contribution < -0.4 is 16.0 Å². The molecule has 1 aliphatic rings. The van der Waals surface area contributed by atoms with Crippen molar-refractivity contribution < 1.29 is 9.59 Å². The second-order valence-corrected chi connectivity index (χ2v) is 5.55. The van der Waals surface area contributed by atoms with Crippen LogP contribution >= 0.6 is 0 Å². The molecule has 0 aliphatic heterocycles. The van der Waals surface area contributed by atoms with Crippen LogP contribution in [0.4, 0.5) is 10.5 Å². The van der Waals surface area contributed by atoms with Gasteiger partial charge in [-0.1, -0.05) is 24.3 Å². The first-order chi connectivity index (χ1) is 10.6. The van der Waals surface area contributed by atoms with Gasteiger partial charge in [-0.05, 0) is 42.3 Å². The number of urea groups is 1. The molecule has 2 aromatic rings. The zero-order valence-corrected chi connectivity index (χ0v) is 12.7. The Morgan fingerprint density at radius 1 is 1.09 bits per heavy atom. The van der Waals surface area contributed by atoms with Crippen LogP contribution in [-0.4, -0.2) is 25.0 Å².